The predicted octanol–water partition coefficient (Wildman–Crippen LogP) is 3.79. The molecule has 116 valence electrons. The molecule has 3 rings (SSSR count). The molecular weight excluding hydrogens is 314 g/mol. The highest BCUT2D eigenvalue weighted by atomic mass is 35.5. The largest absolute Gasteiger partial charge is 0.457 e. The van der Waals surface area contributed by atoms with Crippen molar-refractivity contribution in [1.29, 1.82) is 0 Å². The molecule has 23 heavy (non-hydrogen) atoms. The molecule has 0 radical (unpaired) electrons. The summed E-state index contributed by atoms with van der Waals surface area (Å²) in [6.45, 7) is -0.315. The first-order valence-corrected chi connectivity index (χ1v) is 7.51. The van der Waals surface area contributed by atoms with E-state index in [1.54, 1.807) is 30.5 Å². The van der Waals surface area contributed by atoms with Crippen LogP contribution in [0, 0.1) is 0 Å². The third kappa shape index (κ3) is 3.43. The number of nitrogens with one attached hydrogen (secondary N) is 1. The van der Waals surface area contributed by atoms with E-state index in [1.165, 1.54) is 0 Å². The summed E-state index contributed by atoms with van der Waals surface area (Å²) in [4.78, 5) is 27.1. The third-order valence-electron chi connectivity index (χ3n) is 3.55. The Kier molecular flexibility index (Phi) is 4.44. The highest BCUT2D eigenvalue weighted by Gasteiger charge is 2.14. The Balaban J connectivity index is 1.62. The van der Waals surface area contributed by atoms with Crippen LogP contribution in [0.1, 0.15) is 15.9 Å². The van der Waals surface area contributed by atoms with Gasteiger partial charge >= 0.3 is 5.97 Å². The summed E-state index contributed by atoms with van der Waals surface area (Å²) in [7, 11) is 0. The molecule has 1 aromatic heterocycles. The van der Waals surface area contributed by atoms with E-state index in [9.17, 15) is 9.59 Å². The molecule has 3 aromatic rings. The van der Waals surface area contributed by atoms with Gasteiger partial charge in [0.2, 0.25) is 5.78 Å². The Hall–Kier alpha value is -2.59. The van der Waals surface area contributed by atoms with Crippen LogP contribution in [0.25, 0.3) is 10.9 Å². The molecule has 0 bridgehead atoms. The molecule has 4 nitrogen and oxygen atoms in total. The number of carbonyl (C=O) groups excluding carboxylic acids is 2. The van der Waals surface area contributed by atoms with Crippen LogP contribution in [0.3, 0.4) is 0 Å². The molecule has 0 atom stereocenters. The second-order valence-corrected chi connectivity index (χ2v) is 5.51. The number of fused-ring (bicyclic) bond motifs is 1. The quantitative estimate of drug-likeness (QED) is 0.573. The molecule has 0 aliphatic rings. The minimum Gasteiger partial charge on any atom is -0.457 e. The topological polar surface area (TPSA) is 59.2 Å². The van der Waals surface area contributed by atoms with E-state index in [0.29, 0.717) is 10.6 Å². The first-order valence-electron chi connectivity index (χ1n) is 7.13. The minimum atomic E-state index is -0.449. The van der Waals surface area contributed by atoms with Crippen molar-refractivity contribution in [3.63, 3.8) is 0 Å². The van der Waals surface area contributed by atoms with Gasteiger partial charge in [0.15, 0.2) is 6.61 Å². The first kappa shape index (κ1) is 15.3. The molecule has 0 amide bonds. The third-order valence-corrected chi connectivity index (χ3v) is 3.88. The van der Waals surface area contributed by atoms with E-state index in [1.807, 2.05) is 24.3 Å². The van der Waals surface area contributed by atoms with Crippen LogP contribution in [0.2, 0.25) is 5.02 Å². The van der Waals surface area contributed by atoms with Crippen LogP contribution in [0.5, 0.6) is 0 Å². The molecule has 0 unspecified atom stereocenters. The van der Waals surface area contributed by atoms with E-state index < -0.39 is 5.97 Å². The molecule has 0 aliphatic heterocycles. The van der Waals surface area contributed by atoms with Gasteiger partial charge in [-0.25, -0.2) is 0 Å². The number of H-pyrrole nitrogens is 1. The number of esters is 1. The molecule has 2 aromatic carbocycles. The van der Waals surface area contributed by atoms with Crippen LogP contribution < -0.4 is 0 Å². The average Bonchev–Trinajstić information content (AvgIpc) is 2.96. The van der Waals surface area contributed by atoms with Gasteiger partial charge in [0.25, 0.3) is 0 Å². The normalized spacial score (nSPS) is 10.7. The Morgan fingerprint density at radius 3 is 2.61 bits per heavy atom. The van der Waals surface area contributed by atoms with Gasteiger partial charge in [0, 0.05) is 22.7 Å². The lowest BCUT2D eigenvalue weighted by atomic mass is 10.1. The first-order chi connectivity index (χ1) is 11.1. The number of hydrogen-bond acceptors (Lipinski definition) is 3. The molecule has 0 spiro atoms. The van der Waals surface area contributed by atoms with Gasteiger partial charge in [0.05, 0.1) is 11.4 Å². The van der Waals surface area contributed by atoms with Crippen molar-refractivity contribution in [1.82, 2.24) is 4.98 Å². The van der Waals surface area contributed by atoms with Crippen LogP contribution in [0.15, 0.2) is 54.7 Å². The van der Waals surface area contributed by atoms with Gasteiger partial charge in [-0.3, -0.25) is 9.59 Å². The molecule has 1 heterocycles. The summed E-state index contributed by atoms with van der Waals surface area (Å²) in [5.41, 5.74) is 2.16. The predicted molar refractivity (Wildman–Crippen MR) is 88.7 cm³/mol. The summed E-state index contributed by atoms with van der Waals surface area (Å²) < 4.78 is 5.07. The maximum Gasteiger partial charge on any atom is 0.310 e. The van der Waals surface area contributed by atoms with Crippen molar-refractivity contribution in [2.75, 3.05) is 6.61 Å². The summed E-state index contributed by atoms with van der Waals surface area (Å²) in [6, 6.07) is 14.4. The molecule has 0 aliphatic carbocycles. The number of para-hydroxylation sites is 1. The van der Waals surface area contributed by atoms with Crippen LogP contribution in [-0.4, -0.2) is 23.3 Å². The van der Waals surface area contributed by atoms with Crippen molar-refractivity contribution in [2.45, 2.75) is 6.42 Å². The van der Waals surface area contributed by atoms with E-state index in [4.69, 9.17) is 16.3 Å². The molecule has 0 saturated carbocycles. The molecule has 0 saturated heterocycles. The summed E-state index contributed by atoms with van der Waals surface area (Å²) in [5, 5.41) is 1.33. The zero-order valence-electron chi connectivity index (χ0n) is 12.2. The number of rotatable bonds is 5. The fourth-order valence-corrected chi connectivity index (χ4v) is 2.64. The van der Waals surface area contributed by atoms with Crippen molar-refractivity contribution < 1.29 is 14.3 Å². The highest BCUT2D eigenvalue weighted by molar-refractivity contribution is 6.34. The Labute approximate surface area is 138 Å². The van der Waals surface area contributed by atoms with Crippen molar-refractivity contribution in [3.8, 4) is 0 Å². The van der Waals surface area contributed by atoms with E-state index in [-0.39, 0.29) is 18.8 Å². The summed E-state index contributed by atoms with van der Waals surface area (Å²) in [6.07, 6.45) is 1.89. The number of hydrogen-bond donors (Lipinski definition) is 1. The van der Waals surface area contributed by atoms with Crippen molar-refractivity contribution in [2.24, 2.45) is 0 Å². The molecular formula is C18H14ClNO3. The smallest absolute Gasteiger partial charge is 0.310 e. The van der Waals surface area contributed by atoms with Crippen molar-refractivity contribution >= 4 is 34.3 Å². The maximum absolute atomic E-state index is 12.0. The lowest BCUT2D eigenvalue weighted by Gasteiger charge is -2.05. The van der Waals surface area contributed by atoms with E-state index >= 15 is 0 Å². The number of ketones is 1. The van der Waals surface area contributed by atoms with Gasteiger partial charge in [-0.05, 0) is 23.8 Å². The second kappa shape index (κ2) is 6.67. The average molecular weight is 328 g/mol. The van der Waals surface area contributed by atoms with Gasteiger partial charge < -0.3 is 9.72 Å². The van der Waals surface area contributed by atoms with Gasteiger partial charge in [0.1, 0.15) is 0 Å². The van der Waals surface area contributed by atoms with Gasteiger partial charge in [-0.1, -0.05) is 41.9 Å². The number of aromatic amines is 1. The molecule has 5 heteroatoms. The summed E-state index contributed by atoms with van der Waals surface area (Å²) >= 11 is 5.95. The number of halogens is 1. The zero-order valence-corrected chi connectivity index (χ0v) is 13.0. The van der Waals surface area contributed by atoms with Crippen LogP contribution >= 0.6 is 11.6 Å². The fourth-order valence-electron chi connectivity index (χ4n) is 2.40. The number of ether oxygens (including phenoxy) is 1. The second-order valence-electron chi connectivity index (χ2n) is 5.10. The lowest BCUT2D eigenvalue weighted by Crippen LogP contribution is -2.15. The highest BCUT2D eigenvalue weighted by Crippen LogP contribution is 2.19. The standard InChI is InChI=1S/C18H14ClNO3/c19-15-7-3-1-6-14(15)17(21)11-23-18(22)9-12-10-20-16-8-4-2-5-13(12)16/h1-8,10,20H,9,11H2. The number of aromatic nitrogens is 1. The van der Waals surface area contributed by atoms with E-state index in [0.717, 1.165) is 16.5 Å². The number of Topliss-reactive ketones (excluding diaryl/α,β-unsaturated/α-hetero) is 1. The SMILES string of the molecule is O=C(Cc1c[nH]c2ccccc12)OCC(=O)c1ccccc1Cl. The number of carbonyl (C=O) groups is 2. The molecule has 1 N–H and O–H groups in total. The zero-order chi connectivity index (χ0) is 16.2. The Bertz CT molecular complexity index is 869. The van der Waals surface area contributed by atoms with Gasteiger partial charge in [-0.15, -0.1) is 0 Å². The lowest BCUT2D eigenvalue weighted by molar-refractivity contribution is -0.141. The Morgan fingerprint density at radius 1 is 1.04 bits per heavy atom. The van der Waals surface area contributed by atoms with E-state index in [2.05, 4.69) is 4.98 Å². The summed E-state index contributed by atoms with van der Waals surface area (Å²) in [5.74, 6) is -0.766. The number of benzene rings is 2. The van der Waals surface area contributed by atoms with Gasteiger partial charge in [-0.2, -0.15) is 0 Å². The van der Waals surface area contributed by atoms with Crippen LogP contribution in [-0.2, 0) is 16.0 Å². The molecule has 0 fully saturated rings. The van der Waals surface area contributed by atoms with Crippen molar-refractivity contribution in [3.05, 3.63) is 70.9 Å². The van der Waals surface area contributed by atoms with Crippen LogP contribution in [0.4, 0.5) is 0 Å². The minimum absolute atomic E-state index is 0.111. The monoisotopic (exact) mass is 327 g/mol. The fraction of sp³-hybridized carbons (Fsp3) is 0.111. The Morgan fingerprint density at radius 2 is 1.78 bits per heavy atom. The maximum atomic E-state index is 12.0.